The number of thioether (sulfide) groups is 1. The molecule has 0 heterocycles. The predicted molar refractivity (Wildman–Crippen MR) is 78.8 cm³/mol. The minimum atomic E-state index is -0.252. The first kappa shape index (κ1) is 15.9. The zero-order chi connectivity index (χ0) is 14.1. The van der Waals surface area contributed by atoms with Crippen LogP contribution in [-0.4, -0.2) is 30.1 Å². The minimum Gasteiger partial charge on any atom is -0.494 e. The average Bonchev–Trinajstić information content (AvgIpc) is 2.41. The molecule has 1 atom stereocenters. The molecule has 1 unspecified atom stereocenters. The first-order chi connectivity index (χ1) is 9.15. The van der Waals surface area contributed by atoms with Crippen molar-refractivity contribution < 1.29 is 14.3 Å². The fraction of sp³-hybridized carbons (Fsp3) is 0.500. The van der Waals surface area contributed by atoms with Crippen LogP contribution in [0, 0.1) is 0 Å². The van der Waals surface area contributed by atoms with E-state index < -0.39 is 0 Å². The topological polar surface area (TPSA) is 61.5 Å². The van der Waals surface area contributed by atoms with Crippen LogP contribution in [0.5, 0.6) is 11.5 Å². The Bertz CT molecular complexity index is 381. The lowest BCUT2D eigenvalue weighted by Gasteiger charge is -2.08. The van der Waals surface area contributed by atoms with Gasteiger partial charge in [-0.2, -0.15) is 0 Å². The SMILES string of the molecule is CCOc1ccc(OC(=O)CSCC(N)CC)cc1. The molecule has 0 saturated carbocycles. The lowest BCUT2D eigenvalue weighted by atomic mass is 10.3. The third kappa shape index (κ3) is 6.50. The van der Waals surface area contributed by atoms with Crippen molar-refractivity contribution in [3.63, 3.8) is 0 Å². The van der Waals surface area contributed by atoms with E-state index in [-0.39, 0.29) is 12.0 Å². The normalized spacial score (nSPS) is 11.9. The molecule has 0 radical (unpaired) electrons. The van der Waals surface area contributed by atoms with E-state index in [1.807, 2.05) is 13.8 Å². The van der Waals surface area contributed by atoms with Gasteiger partial charge in [-0.25, -0.2) is 0 Å². The molecule has 4 nitrogen and oxygen atoms in total. The summed E-state index contributed by atoms with van der Waals surface area (Å²) in [5.74, 6) is 2.15. The monoisotopic (exact) mass is 283 g/mol. The van der Waals surface area contributed by atoms with Gasteiger partial charge in [0.2, 0.25) is 0 Å². The fourth-order valence-electron chi connectivity index (χ4n) is 1.34. The van der Waals surface area contributed by atoms with E-state index in [1.165, 1.54) is 11.8 Å². The van der Waals surface area contributed by atoms with E-state index >= 15 is 0 Å². The summed E-state index contributed by atoms with van der Waals surface area (Å²) in [6.45, 7) is 4.57. The first-order valence-corrected chi connectivity index (χ1v) is 7.58. The second-order valence-electron chi connectivity index (χ2n) is 4.06. The number of benzene rings is 1. The molecule has 1 aromatic rings. The molecule has 1 aromatic carbocycles. The molecule has 0 aromatic heterocycles. The molecule has 19 heavy (non-hydrogen) atoms. The number of carbonyl (C=O) groups excluding carboxylic acids is 1. The summed E-state index contributed by atoms with van der Waals surface area (Å²) in [5, 5.41) is 0. The summed E-state index contributed by atoms with van der Waals surface area (Å²) in [4.78, 5) is 11.6. The maximum atomic E-state index is 11.6. The highest BCUT2D eigenvalue weighted by Gasteiger charge is 2.07. The lowest BCUT2D eigenvalue weighted by molar-refractivity contribution is -0.131. The molecule has 1 rings (SSSR count). The molecule has 0 bridgehead atoms. The molecule has 0 aliphatic heterocycles. The van der Waals surface area contributed by atoms with Gasteiger partial charge in [0.05, 0.1) is 12.4 Å². The highest BCUT2D eigenvalue weighted by Crippen LogP contribution is 2.18. The van der Waals surface area contributed by atoms with Crippen molar-refractivity contribution >= 4 is 17.7 Å². The van der Waals surface area contributed by atoms with Gasteiger partial charge in [-0.3, -0.25) is 4.79 Å². The maximum Gasteiger partial charge on any atom is 0.321 e. The van der Waals surface area contributed by atoms with E-state index in [2.05, 4.69) is 0 Å². The van der Waals surface area contributed by atoms with Crippen molar-refractivity contribution in [2.45, 2.75) is 26.3 Å². The molecule has 0 amide bonds. The van der Waals surface area contributed by atoms with E-state index in [4.69, 9.17) is 15.2 Å². The van der Waals surface area contributed by atoms with Crippen LogP contribution < -0.4 is 15.2 Å². The van der Waals surface area contributed by atoms with Crippen LogP contribution in [0.25, 0.3) is 0 Å². The van der Waals surface area contributed by atoms with Gasteiger partial charge >= 0.3 is 5.97 Å². The highest BCUT2D eigenvalue weighted by atomic mass is 32.2. The van der Waals surface area contributed by atoms with Crippen LogP contribution in [-0.2, 0) is 4.79 Å². The number of hydrogen-bond donors (Lipinski definition) is 1. The van der Waals surface area contributed by atoms with Crippen molar-refractivity contribution in [1.29, 1.82) is 0 Å². The van der Waals surface area contributed by atoms with Crippen molar-refractivity contribution in [2.75, 3.05) is 18.1 Å². The summed E-state index contributed by atoms with van der Waals surface area (Å²) < 4.78 is 10.5. The Morgan fingerprint density at radius 1 is 1.26 bits per heavy atom. The van der Waals surface area contributed by atoms with Gasteiger partial charge in [0.25, 0.3) is 0 Å². The summed E-state index contributed by atoms with van der Waals surface area (Å²) in [5.41, 5.74) is 5.77. The molecule has 2 N–H and O–H groups in total. The smallest absolute Gasteiger partial charge is 0.321 e. The van der Waals surface area contributed by atoms with E-state index in [0.717, 1.165) is 17.9 Å². The second kappa shape index (κ2) is 8.82. The summed E-state index contributed by atoms with van der Waals surface area (Å²) in [7, 11) is 0. The van der Waals surface area contributed by atoms with Crippen molar-refractivity contribution in [3.8, 4) is 11.5 Å². The van der Waals surface area contributed by atoms with Gasteiger partial charge in [-0.1, -0.05) is 6.92 Å². The molecule has 0 aliphatic rings. The Balaban J connectivity index is 2.31. The fourth-order valence-corrected chi connectivity index (χ4v) is 2.22. The third-order valence-corrected chi connectivity index (χ3v) is 3.55. The lowest BCUT2D eigenvalue weighted by Crippen LogP contribution is -2.22. The molecular weight excluding hydrogens is 262 g/mol. The zero-order valence-electron chi connectivity index (χ0n) is 11.4. The summed E-state index contributed by atoms with van der Waals surface area (Å²) in [6.07, 6.45) is 0.918. The maximum absolute atomic E-state index is 11.6. The van der Waals surface area contributed by atoms with Crippen LogP contribution >= 0.6 is 11.8 Å². The number of ether oxygens (including phenoxy) is 2. The first-order valence-electron chi connectivity index (χ1n) is 6.42. The van der Waals surface area contributed by atoms with E-state index in [9.17, 15) is 4.79 Å². The molecule has 0 spiro atoms. The van der Waals surface area contributed by atoms with E-state index in [0.29, 0.717) is 18.1 Å². The van der Waals surface area contributed by atoms with Crippen LogP contribution in [0.2, 0.25) is 0 Å². The van der Waals surface area contributed by atoms with E-state index in [1.54, 1.807) is 24.3 Å². The van der Waals surface area contributed by atoms with Crippen LogP contribution in [0.3, 0.4) is 0 Å². The number of hydrogen-bond acceptors (Lipinski definition) is 5. The van der Waals surface area contributed by atoms with Gasteiger partial charge in [0.1, 0.15) is 11.5 Å². The van der Waals surface area contributed by atoms with Gasteiger partial charge in [-0.15, -0.1) is 11.8 Å². The number of carbonyl (C=O) groups is 1. The summed E-state index contributed by atoms with van der Waals surface area (Å²) >= 11 is 1.50. The molecule has 5 heteroatoms. The Kier molecular flexibility index (Phi) is 7.36. The van der Waals surface area contributed by atoms with Crippen molar-refractivity contribution in [3.05, 3.63) is 24.3 Å². The Morgan fingerprint density at radius 2 is 1.89 bits per heavy atom. The minimum absolute atomic E-state index is 0.142. The van der Waals surface area contributed by atoms with Gasteiger partial charge < -0.3 is 15.2 Å². The average molecular weight is 283 g/mol. The van der Waals surface area contributed by atoms with Gasteiger partial charge in [0, 0.05) is 11.8 Å². The van der Waals surface area contributed by atoms with Crippen LogP contribution in [0.15, 0.2) is 24.3 Å². The second-order valence-corrected chi connectivity index (χ2v) is 5.09. The molecule has 0 saturated heterocycles. The predicted octanol–water partition coefficient (Wildman–Crippen LogP) is 2.46. The molecule has 0 aliphatic carbocycles. The number of esters is 1. The zero-order valence-corrected chi connectivity index (χ0v) is 12.2. The van der Waals surface area contributed by atoms with Crippen LogP contribution in [0.4, 0.5) is 0 Å². The Labute approximate surface area is 118 Å². The van der Waals surface area contributed by atoms with Gasteiger partial charge in [-0.05, 0) is 37.6 Å². The Morgan fingerprint density at radius 3 is 2.47 bits per heavy atom. The number of rotatable bonds is 8. The molecule has 106 valence electrons. The van der Waals surface area contributed by atoms with Crippen molar-refractivity contribution in [2.24, 2.45) is 5.73 Å². The largest absolute Gasteiger partial charge is 0.494 e. The van der Waals surface area contributed by atoms with Gasteiger partial charge in [0.15, 0.2) is 0 Å². The number of nitrogens with two attached hydrogens (primary N) is 1. The highest BCUT2D eigenvalue weighted by molar-refractivity contribution is 7.99. The van der Waals surface area contributed by atoms with Crippen LogP contribution in [0.1, 0.15) is 20.3 Å². The third-order valence-electron chi connectivity index (χ3n) is 2.44. The van der Waals surface area contributed by atoms with Crippen molar-refractivity contribution in [1.82, 2.24) is 0 Å². The Hall–Kier alpha value is -1.20. The molecular formula is C14H21NO3S. The summed E-state index contributed by atoms with van der Waals surface area (Å²) in [6, 6.07) is 7.16. The quantitative estimate of drug-likeness (QED) is 0.586. The standard InChI is InChI=1S/C14H21NO3S/c1-3-11(15)9-19-10-14(16)18-13-7-5-12(6-8-13)17-4-2/h5-8,11H,3-4,9-10,15H2,1-2H3. The molecule has 0 fully saturated rings.